The standard InChI is InChI=1S/C6H7BrINO/c1-9-3-4(8)2-5(7)6(9)10/h2-3,6,10H,1H3. The van der Waals surface area contributed by atoms with Crippen LogP contribution in [-0.4, -0.2) is 23.3 Å². The van der Waals surface area contributed by atoms with Crippen molar-refractivity contribution < 1.29 is 5.11 Å². The molecule has 0 fully saturated rings. The van der Waals surface area contributed by atoms with Crippen LogP contribution in [0, 0.1) is 0 Å². The summed E-state index contributed by atoms with van der Waals surface area (Å²) in [5, 5.41) is 9.33. The van der Waals surface area contributed by atoms with Crippen LogP contribution >= 0.6 is 38.5 Å². The second-order valence-corrected chi connectivity index (χ2v) is 4.24. The van der Waals surface area contributed by atoms with Gasteiger partial charge < -0.3 is 10.0 Å². The third-order valence-electron chi connectivity index (χ3n) is 1.24. The average molecular weight is 316 g/mol. The van der Waals surface area contributed by atoms with Gasteiger partial charge in [0.1, 0.15) is 0 Å². The zero-order valence-corrected chi connectivity index (χ0v) is 9.13. The van der Waals surface area contributed by atoms with Crippen molar-refractivity contribution in [1.82, 2.24) is 4.90 Å². The number of likely N-dealkylation sites (N-methyl/N-ethyl adjacent to an activating group) is 1. The third kappa shape index (κ3) is 1.73. The van der Waals surface area contributed by atoms with Crippen molar-refractivity contribution in [2.24, 2.45) is 0 Å². The van der Waals surface area contributed by atoms with E-state index in [4.69, 9.17) is 0 Å². The van der Waals surface area contributed by atoms with Crippen LogP contribution in [0.4, 0.5) is 0 Å². The van der Waals surface area contributed by atoms with Gasteiger partial charge in [0.2, 0.25) is 0 Å². The second-order valence-electron chi connectivity index (χ2n) is 2.08. The van der Waals surface area contributed by atoms with Gasteiger partial charge in [-0.15, -0.1) is 0 Å². The molecule has 10 heavy (non-hydrogen) atoms. The maximum atomic E-state index is 9.33. The van der Waals surface area contributed by atoms with Gasteiger partial charge in [0.25, 0.3) is 0 Å². The van der Waals surface area contributed by atoms with E-state index in [1.807, 2.05) is 19.3 Å². The van der Waals surface area contributed by atoms with Gasteiger partial charge in [0.15, 0.2) is 6.23 Å². The lowest BCUT2D eigenvalue weighted by Gasteiger charge is -2.24. The molecule has 56 valence electrons. The van der Waals surface area contributed by atoms with E-state index >= 15 is 0 Å². The highest BCUT2D eigenvalue weighted by atomic mass is 127. The molecule has 0 saturated carbocycles. The van der Waals surface area contributed by atoms with E-state index in [1.54, 1.807) is 4.90 Å². The Hall–Kier alpha value is 0.450. The minimum absolute atomic E-state index is 0.515. The first-order chi connectivity index (χ1) is 4.61. The van der Waals surface area contributed by atoms with Crippen molar-refractivity contribution in [1.29, 1.82) is 0 Å². The van der Waals surface area contributed by atoms with Crippen LogP contribution in [0.3, 0.4) is 0 Å². The molecule has 1 unspecified atom stereocenters. The molecular weight excluding hydrogens is 309 g/mol. The maximum Gasteiger partial charge on any atom is 0.159 e. The van der Waals surface area contributed by atoms with Gasteiger partial charge in [-0.25, -0.2) is 0 Å². The molecule has 1 heterocycles. The van der Waals surface area contributed by atoms with E-state index in [1.165, 1.54) is 0 Å². The molecule has 1 aliphatic rings. The van der Waals surface area contributed by atoms with Gasteiger partial charge in [-0.1, -0.05) is 15.9 Å². The predicted molar refractivity (Wildman–Crippen MR) is 52.9 cm³/mol. The normalized spacial score (nSPS) is 26.0. The molecule has 1 N–H and O–H groups in total. The monoisotopic (exact) mass is 315 g/mol. The van der Waals surface area contributed by atoms with Gasteiger partial charge in [0.05, 0.1) is 0 Å². The van der Waals surface area contributed by atoms with Crippen molar-refractivity contribution in [3.8, 4) is 0 Å². The summed E-state index contributed by atoms with van der Waals surface area (Å²) in [5.41, 5.74) is 0. The smallest absolute Gasteiger partial charge is 0.159 e. The van der Waals surface area contributed by atoms with Crippen molar-refractivity contribution in [2.45, 2.75) is 6.23 Å². The summed E-state index contributed by atoms with van der Waals surface area (Å²) >= 11 is 5.46. The van der Waals surface area contributed by atoms with Crippen LogP contribution < -0.4 is 0 Å². The van der Waals surface area contributed by atoms with E-state index in [9.17, 15) is 5.11 Å². The second kappa shape index (κ2) is 3.23. The summed E-state index contributed by atoms with van der Waals surface area (Å²) < 4.78 is 1.92. The number of hydrogen-bond acceptors (Lipinski definition) is 2. The molecule has 2 nitrogen and oxygen atoms in total. The summed E-state index contributed by atoms with van der Waals surface area (Å²) in [6, 6.07) is 0. The van der Waals surface area contributed by atoms with Crippen LogP contribution in [0.25, 0.3) is 0 Å². The van der Waals surface area contributed by atoms with E-state index in [0.29, 0.717) is 0 Å². The van der Waals surface area contributed by atoms with Gasteiger partial charge in [-0.05, 0) is 28.7 Å². The largest absolute Gasteiger partial charge is 0.369 e. The third-order valence-corrected chi connectivity index (χ3v) is 2.46. The molecule has 0 aromatic rings. The SMILES string of the molecule is CN1C=C(I)C=C(Br)C1O. The Morgan fingerprint density at radius 1 is 1.80 bits per heavy atom. The van der Waals surface area contributed by atoms with Crippen molar-refractivity contribution in [3.63, 3.8) is 0 Å². The van der Waals surface area contributed by atoms with Crippen molar-refractivity contribution in [3.05, 3.63) is 20.3 Å². The fraction of sp³-hybridized carbons (Fsp3) is 0.333. The maximum absolute atomic E-state index is 9.33. The van der Waals surface area contributed by atoms with Gasteiger partial charge in [0, 0.05) is 21.3 Å². The van der Waals surface area contributed by atoms with Crippen LogP contribution in [0.2, 0.25) is 0 Å². The first kappa shape index (κ1) is 8.55. The topological polar surface area (TPSA) is 23.5 Å². The average Bonchev–Trinajstić information content (AvgIpc) is 1.82. The predicted octanol–water partition coefficient (Wildman–Crippen LogP) is 1.81. The molecule has 0 bridgehead atoms. The lowest BCUT2D eigenvalue weighted by molar-refractivity contribution is 0.0944. The minimum Gasteiger partial charge on any atom is -0.369 e. The first-order valence-electron chi connectivity index (χ1n) is 2.75. The summed E-state index contributed by atoms with van der Waals surface area (Å²) in [6.45, 7) is 0. The zero-order chi connectivity index (χ0) is 7.72. The highest BCUT2D eigenvalue weighted by Crippen LogP contribution is 2.24. The molecule has 0 radical (unpaired) electrons. The Bertz CT molecular complexity index is 202. The Morgan fingerprint density at radius 2 is 2.40 bits per heavy atom. The van der Waals surface area contributed by atoms with E-state index < -0.39 is 6.23 Å². The quantitative estimate of drug-likeness (QED) is 0.689. The van der Waals surface area contributed by atoms with Crippen molar-refractivity contribution >= 4 is 38.5 Å². The molecule has 1 aliphatic heterocycles. The number of halogens is 2. The Morgan fingerprint density at radius 3 is 2.90 bits per heavy atom. The van der Waals surface area contributed by atoms with Crippen LogP contribution in [0.5, 0.6) is 0 Å². The Labute approximate surface area is 81.9 Å². The highest BCUT2D eigenvalue weighted by Gasteiger charge is 2.15. The molecule has 0 aromatic heterocycles. The molecule has 0 spiro atoms. The molecule has 0 amide bonds. The molecule has 0 saturated heterocycles. The molecule has 0 aromatic carbocycles. The van der Waals surface area contributed by atoms with Crippen LogP contribution in [-0.2, 0) is 0 Å². The highest BCUT2D eigenvalue weighted by molar-refractivity contribution is 14.1. The fourth-order valence-corrected chi connectivity index (χ4v) is 2.48. The summed E-state index contributed by atoms with van der Waals surface area (Å²) in [4.78, 5) is 1.74. The number of aliphatic hydroxyl groups excluding tert-OH is 1. The fourth-order valence-electron chi connectivity index (χ4n) is 0.703. The lowest BCUT2D eigenvalue weighted by Crippen LogP contribution is -2.28. The van der Waals surface area contributed by atoms with Crippen LogP contribution in [0.15, 0.2) is 20.3 Å². The molecule has 1 atom stereocenters. The summed E-state index contributed by atoms with van der Waals surface area (Å²) in [6.07, 6.45) is 3.26. The number of aliphatic hydroxyl groups is 1. The molecule has 1 rings (SSSR count). The lowest BCUT2D eigenvalue weighted by atomic mass is 10.3. The number of nitrogens with zero attached hydrogens (tertiary/aromatic N) is 1. The van der Waals surface area contributed by atoms with Crippen molar-refractivity contribution in [2.75, 3.05) is 7.05 Å². The van der Waals surface area contributed by atoms with Gasteiger partial charge in [-0.3, -0.25) is 0 Å². The minimum atomic E-state index is -0.515. The molecular formula is C6H7BrINO. The van der Waals surface area contributed by atoms with Gasteiger partial charge >= 0.3 is 0 Å². The first-order valence-corrected chi connectivity index (χ1v) is 4.63. The number of hydrogen-bond donors (Lipinski definition) is 1. The number of allylic oxidation sites excluding steroid dienone is 2. The van der Waals surface area contributed by atoms with Gasteiger partial charge in [-0.2, -0.15) is 0 Å². The Balaban J connectivity index is 2.85. The molecule has 0 aliphatic carbocycles. The summed E-state index contributed by atoms with van der Waals surface area (Å²) in [5.74, 6) is 0. The van der Waals surface area contributed by atoms with E-state index in [-0.39, 0.29) is 0 Å². The Kier molecular flexibility index (Phi) is 2.76. The molecule has 4 heteroatoms. The van der Waals surface area contributed by atoms with E-state index in [2.05, 4.69) is 38.5 Å². The number of rotatable bonds is 0. The zero-order valence-electron chi connectivity index (χ0n) is 5.38. The summed E-state index contributed by atoms with van der Waals surface area (Å²) in [7, 11) is 1.83. The van der Waals surface area contributed by atoms with E-state index in [0.717, 1.165) is 8.06 Å². The van der Waals surface area contributed by atoms with Crippen LogP contribution in [0.1, 0.15) is 0 Å².